The van der Waals surface area contributed by atoms with Crippen molar-refractivity contribution >= 4 is 5.96 Å². The van der Waals surface area contributed by atoms with Crippen LogP contribution in [0.1, 0.15) is 16.7 Å². The average Bonchev–Trinajstić information content (AvgIpc) is 3.09. The molecular weight excluding hydrogens is 328 g/mol. The van der Waals surface area contributed by atoms with Crippen LogP contribution in [-0.2, 0) is 19.6 Å². The van der Waals surface area contributed by atoms with Crippen molar-refractivity contribution in [2.24, 2.45) is 4.99 Å². The van der Waals surface area contributed by atoms with Gasteiger partial charge in [-0.3, -0.25) is 4.99 Å². The normalized spacial score (nSPS) is 13.2. The Labute approximate surface area is 154 Å². The van der Waals surface area contributed by atoms with Crippen LogP contribution in [0.15, 0.2) is 47.5 Å². The van der Waals surface area contributed by atoms with Crippen LogP contribution in [0.4, 0.5) is 0 Å². The first-order chi connectivity index (χ1) is 12.6. The lowest BCUT2D eigenvalue weighted by Gasteiger charge is -2.14. The fourth-order valence-corrected chi connectivity index (χ4v) is 2.85. The Kier molecular flexibility index (Phi) is 5.96. The van der Waals surface area contributed by atoms with Gasteiger partial charge in [-0.05, 0) is 42.9 Å². The number of benzene rings is 2. The Morgan fingerprint density at radius 2 is 1.65 bits per heavy atom. The highest BCUT2D eigenvalue weighted by molar-refractivity contribution is 5.79. The van der Waals surface area contributed by atoms with Crippen molar-refractivity contribution in [1.82, 2.24) is 15.5 Å². The van der Waals surface area contributed by atoms with E-state index in [1.54, 1.807) is 7.05 Å². The summed E-state index contributed by atoms with van der Waals surface area (Å²) >= 11 is 0. The van der Waals surface area contributed by atoms with Crippen LogP contribution in [0.25, 0.3) is 0 Å². The van der Waals surface area contributed by atoms with Gasteiger partial charge in [0, 0.05) is 26.7 Å². The summed E-state index contributed by atoms with van der Waals surface area (Å²) in [7, 11) is 5.93. The van der Waals surface area contributed by atoms with Gasteiger partial charge in [-0.15, -0.1) is 0 Å². The molecule has 2 aromatic rings. The third-order valence-corrected chi connectivity index (χ3v) is 4.07. The van der Waals surface area contributed by atoms with Gasteiger partial charge in [0.25, 0.3) is 0 Å². The molecule has 0 bridgehead atoms. The van der Waals surface area contributed by atoms with Crippen molar-refractivity contribution < 1.29 is 9.47 Å². The van der Waals surface area contributed by atoms with Gasteiger partial charge in [-0.1, -0.05) is 30.3 Å². The average molecular weight is 354 g/mol. The van der Waals surface area contributed by atoms with Crippen LogP contribution in [-0.4, -0.2) is 38.8 Å². The predicted octanol–water partition coefficient (Wildman–Crippen LogP) is 2.34. The molecule has 138 valence electrons. The second kappa shape index (κ2) is 8.58. The van der Waals surface area contributed by atoms with Gasteiger partial charge in [0.2, 0.25) is 6.79 Å². The minimum atomic E-state index is 0.294. The second-order valence-electron chi connectivity index (χ2n) is 6.52. The van der Waals surface area contributed by atoms with Gasteiger partial charge in [0.05, 0.1) is 0 Å². The fourth-order valence-electron chi connectivity index (χ4n) is 2.85. The maximum Gasteiger partial charge on any atom is 0.231 e. The summed E-state index contributed by atoms with van der Waals surface area (Å²) in [6, 6.07) is 14.5. The molecule has 0 radical (unpaired) electrons. The van der Waals surface area contributed by atoms with Crippen molar-refractivity contribution in [2.75, 3.05) is 27.9 Å². The summed E-state index contributed by atoms with van der Waals surface area (Å²) < 4.78 is 10.8. The van der Waals surface area contributed by atoms with E-state index < -0.39 is 0 Å². The molecule has 0 saturated carbocycles. The molecule has 3 rings (SSSR count). The van der Waals surface area contributed by atoms with Gasteiger partial charge in [-0.2, -0.15) is 0 Å². The minimum absolute atomic E-state index is 0.294. The van der Waals surface area contributed by atoms with E-state index in [0.29, 0.717) is 13.3 Å². The van der Waals surface area contributed by atoms with Crippen LogP contribution in [0.3, 0.4) is 0 Å². The molecule has 0 fully saturated rings. The number of ether oxygens (including phenoxy) is 2. The quantitative estimate of drug-likeness (QED) is 0.616. The van der Waals surface area contributed by atoms with Gasteiger partial charge < -0.3 is 25.0 Å². The highest BCUT2D eigenvalue weighted by atomic mass is 16.7. The number of hydrogen-bond donors (Lipinski definition) is 2. The predicted molar refractivity (Wildman–Crippen MR) is 103 cm³/mol. The Hall–Kier alpha value is -2.73. The van der Waals surface area contributed by atoms with Gasteiger partial charge >= 0.3 is 0 Å². The number of guanidine groups is 1. The molecule has 2 N–H and O–H groups in total. The van der Waals surface area contributed by atoms with E-state index in [1.165, 1.54) is 11.1 Å². The zero-order valence-electron chi connectivity index (χ0n) is 15.6. The molecule has 0 aromatic heterocycles. The number of rotatable bonds is 6. The maximum absolute atomic E-state index is 5.42. The van der Waals surface area contributed by atoms with E-state index in [2.05, 4.69) is 58.9 Å². The standard InChI is InChI=1S/C20H26N4O2/c1-21-20(22-11-15-5-4-6-17(9-15)13-24(2)3)23-12-16-7-8-18-19(10-16)26-14-25-18/h4-10H,11-14H2,1-3H3,(H2,21,22,23). The zero-order chi connectivity index (χ0) is 18.4. The lowest BCUT2D eigenvalue weighted by Crippen LogP contribution is -2.36. The second-order valence-corrected chi connectivity index (χ2v) is 6.52. The highest BCUT2D eigenvalue weighted by Crippen LogP contribution is 2.32. The third kappa shape index (κ3) is 4.89. The smallest absolute Gasteiger partial charge is 0.231 e. The minimum Gasteiger partial charge on any atom is -0.454 e. The van der Waals surface area contributed by atoms with Crippen LogP contribution >= 0.6 is 0 Å². The molecule has 0 aliphatic carbocycles. The van der Waals surface area contributed by atoms with Crippen LogP contribution in [0.2, 0.25) is 0 Å². The fraction of sp³-hybridized carbons (Fsp3) is 0.350. The number of aliphatic imine (C=N–C) groups is 1. The van der Waals surface area contributed by atoms with Crippen molar-refractivity contribution in [1.29, 1.82) is 0 Å². The van der Waals surface area contributed by atoms with E-state index in [0.717, 1.165) is 36.1 Å². The molecule has 6 heteroatoms. The van der Waals surface area contributed by atoms with E-state index in [4.69, 9.17) is 9.47 Å². The lowest BCUT2D eigenvalue weighted by molar-refractivity contribution is 0.174. The zero-order valence-corrected chi connectivity index (χ0v) is 15.6. The molecule has 0 amide bonds. The summed E-state index contributed by atoms with van der Waals surface area (Å²) in [5, 5.41) is 6.69. The Morgan fingerprint density at radius 1 is 0.962 bits per heavy atom. The maximum atomic E-state index is 5.42. The monoisotopic (exact) mass is 354 g/mol. The summed E-state index contributed by atoms with van der Waals surface area (Å²) in [5.41, 5.74) is 3.65. The van der Waals surface area contributed by atoms with Crippen molar-refractivity contribution in [3.63, 3.8) is 0 Å². The number of hydrogen-bond acceptors (Lipinski definition) is 4. The van der Waals surface area contributed by atoms with Gasteiger partial charge in [-0.25, -0.2) is 0 Å². The molecule has 6 nitrogen and oxygen atoms in total. The Balaban J connectivity index is 1.52. The van der Waals surface area contributed by atoms with E-state index in [-0.39, 0.29) is 0 Å². The summed E-state index contributed by atoms with van der Waals surface area (Å²) in [6.45, 7) is 2.62. The first kappa shape index (κ1) is 18.1. The molecule has 0 saturated heterocycles. The van der Waals surface area contributed by atoms with Crippen LogP contribution < -0.4 is 20.1 Å². The first-order valence-corrected chi connectivity index (χ1v) is 8.69. The summed E-state index contributed by atoms with van der Waals surface area (Å²) in [5.74, 6) is 2.36. The van der Waals surface area contributed by atoms with E-state index in [9.17, 15) is 0 Å². The lowest BCUT2D eigenvalue weighted by atomic mass is 10.1. The highest BCUT2D eigenvalue weighted by Gasteiger charge is 2.13. The van der Waals surface area contributed by atoms with Gasteiger partial charge in [0.1, 0.15) is 0 Å². The molecule has 1 heterocycles. The molecule has 0 unspecified atom stereocenters. The number of nitrogens with one attached hydrogen (secondary N) is 2. The molecule has 2 aromatic carbocycles. The number of fused-ring (bicyclic) bond motifs is 1. The molecule has 1 aliphatic heterocycles. The van der Waals surface area contributed by atoms with Crippen LogP contribution in [0, 0.1) is 0 Å². The molecular formula is C20H26N4O2. The Morgan fingerprint density at radius 3 is 2.38 bits per heavy atom. The van der Waals surface area contributed by atoms with Gasteiger partial charge in [0.15, 0.2) is 17.5 Å². The SMILES string of the molecule is CN=C(NCc1cccc(CN(C)C)c1)NCc1ccc2c(c1)OCO2. The summed E-state index contributed by atoms with van der Waals surface area (Å²) in [4.78, 5) is 6.46. The van der Waals surface area contributed by atoms with Crippen molar-refractivity contribution in [3.8, 4) is 11.5 Å². The largest absolute Gasteiger partial charge is 0.454 e. The Bertz CT molecular complexity index is 774. The van der Waals surface area contributed by atoms with Crippen LogP contribution in [0.5, 0.6) is 11.5 Å². The van der Waals surface area contributed by atoms with Crippen molar-refractivity contribution in [3.05, 3.63) is 59.2 Å². The van der Waals surface area contributed by atoms with E-state index >= 15 is 0 Å². The molecule has 0 atom stereocenters. The third-order valence-electron chi connectivity index (χ3n) is 4.07. The number of nitrogens with zero attached hydrogens (tertiary/aromatic N) is 2. The molecule has 0 spiro atoms. The topological polar surface area (TPSA) is 58.1 Å². The first-order valence-electron chi connectivity index (χ1n) is 8.69. The van der Waals surface area contributed by atoms with E-state index in [1.807, 2.05) is 18.2 Å². The molecule has 26 heavy (non-hydrogen) atoms. The summed E-state index contributed by atoms with van der Waals surface area (Å²) in [6.07, 6.45) is 0. The van der Waals surface area contributed by atoms with Crippen molar-refractivity contribution in [2.45, 2.75) is 19.6 Å². The molecule has 1 aliphatic rings.